The summed E-state index contributed by atoms with van der Waals surface area (Å²) in [5, 5.41) is 12.8. The van der Waals surface area contributed by atoms with E-state index < -0.39 is 5.91 Å². The highest BCUT2D eigenvalue weighted by atomic mass is 79.9. The normalized spacial score (nSPS) is 10.9. The van der Waals surface area contributed by atoms with Crippen LogP contribution in [0.25, 0.3) is 6.08 Å². The molecule has 0 aromatic heterocycles. The SMILES string of the molecule is CCOc1cc(/C=C(\C#N)C(=O)Nc2ccc(Br)cc2)ccc1OCc1cccc(Cl)c1. The van der Waals surface area contributed by atoms with Gasteiger partial charge in [-0.05, 0) is 72.7 Å². The van der Waals surface area contributed by atoms with Gasteiger partial charge >= 0.3 is 0 Å². The van der Waals surface area contributed by atoms with E-state index in [-0.39, 0.29) is 5.57 Å². The Kier molecular flexibility index (Phi) is 8.32. The van der Waals surface area contributed by atoms with Gasteiger partial charge in [-0.1, -0.05) is 45.7 Å². The lowest BCUT2D eigenvalue weighted by molar-refractivity contribution is -0.112. The van der Waals surface area contributed by atoms with Crippen LogP contribution in [-0.2, 0) is 11.4 Å². The van der Waals surface area contributed by atoms with Gasteiger partial charge in [-0.2, -0.15) is 5.26 Å². The Morgan fingerprint density at radius 2 is 1.88 bits per heavy atom. The molecule has 162 valence electrons. The van der Waals surface area contributed by atoms with Crippen LogP contribution in [0.3, 0.4) is 0 Å². The Morgan fingerprint density at radius 1 is 1.09 bits per heavy atom. The Labute approximate surface area is 200 Å². The zero-order chi connectivity index (χ0) is 22.9. The van der Waals surface area contributed by atoms with E-state index in [9.17, 15) is 10.1 Å². The number of rotatable bonds is 8. The van der Waals surface area contributed by atoms with Gasteiger partial charge in [-0.15, -0.1) is 0 Å². The molecule has 0 unspecified atom stereocenters. The number of carbonyl (C=O) groups is 1. The van der Waals surface area contributed by atoms with E-state index in [1.54, 1.807) is 36.4 Å². The van der Waals surface area contributed by atoms with E-state index in [2.05, 4.69) is 21.2 Å². The molecule has 0 bridgehead atoms. The number of nitriles is 1. The summed E-state index contributed by atoms with van der Waals surface area (Å²) in [5.74, 6) is 0.588. The summed E-state index contributed by atoms with van der Waals surface area (Å²) in [6.45, 7) is 2.64. The Morgan fingerprint density at radius 3 is 2.56 bits per heavy atom. The molecule has 3 aromatic rings. The average molecular weight is 512 g/mol. The number of hydrogen-bond donors (Lipinski definition) is 1. The van der Waals surface area contributed by atoms with Crippen molar-refractivity contribution >= 4 is 45.2 Å². The molecular weight excluding hydrogens is 492 g/mol. The lowest BCUT2D eigenvalue weighted by atomic mass is 10.1. The second-order valence-electron chi connectivity index (χ2n) is 6.69. The van der Waals surface area contributed by atoms with E-state index >= 15 is 0 Å². The van der Waals surface area contributed by atoms with Crippen LogP contribution < -0.4 is 14.8 Å². The minimum Gasteiger partial charge on any atom is -0.490 e. The lowest BCUT2D eigenvalue weighted by Crippen LogP contribution is -2.13. The molecule has 0 saturated carbocycles. The summed E-state index contributed by atoms with van der Waals surface area (Å²) in [4.78, 5) is 12.5. The van der Waals surface area contributed by atoms with E-state index in [1.807, 2.05) is 43.3 Å². The van der Waals surface area contributed by atoms with Crippen LogP contribution in [-0.4, -0.2) is 12.5 Å². The first kappa shape index (κ1) is 23.4. The predicted molar refractivity (Wildman–Crippen MR) is 130 cm³/mol. The third-order valence-electron chi connectivity index (χ3n) is 4.33. The fourth-order valence-corrected chi connectivity index (χ4v) is 3.31. The van der Waals surface area contributed by atoms with Crippen molar-refractivity contribution in [2.45, 2.75) is 13.5 Å². The van der Waals surface area contributed by atoms with E-state index in [1.165, 1.54) is 6.08 Å². The molecule has 0 aliphatic rings. The van der Waals surface area contributed by atoms with Gasteiger partial charge in [0.1, 0.15) is 18.2 Å². The number of nitrogens with one attached hydrogen (secondary N) is 1. The largest absolute Gasteiger partial charge is 0.490 e. The maximum Gasteiger partial charge on any atom is 0.266 e. The fourth-order valence-electron chi connectivity index (χ4n) is 2.84. The summed E-state index contributed by atoms with van der Waals surface area (Å²) in [7, 11) is 0. The maximum absolute atomic E-state index is 12.5. The summed E-state index contributed by atoms with van der Waals surface area (Å²) in [6.07, 6.45) is 1.51. The second kappa shape index (κ2) is 11.4. The minimum atomic E-state index is -0.492. The molecule has 3 rings (SSSR count). The van der Waals surface area contributed by atoms with Gasteiger partial charge in [-0.3, -0.25) is 4.79 Å². The van der Waals surface area contributed by atoms with Gasteiger partial charge in [0.15, 0.2) is 11.5 Å². The smallest absolute Gasteiger partial charge is 0.266 e. The molecule has 0 heterocycles. The van der Waals surface area contributed by atoms with Crippen LogP contribution in [0.4, 0.5) is 5.69 Å². The van der Waals surface area contributed by atoms with Gasteiger partial charge in [0.2, 0.25) is 0 Å². The molecule has 32 heavy (non-hydrogen) atoms. The van der Waals surface area contributed by atoms with Crippen molar-refractivity contribution in [2.24, 2.45) is 0 Å². The summed E-state index contributed by atoms with van der Waals surface area (Å²) in [5.41, 5.74) is 2.15. The molecule has 1 N–H and O–H groups in total. The van der Waals surface area contributed by atoms with Gasteiger partial charge in [0.25, 0.3) is 5.91 Å². The molecule has 5 nitrogen and oxygen atoms in total. The quantitative estimate of drug-likeness (QED) is 0.272. The molecule has 0 spiro atoms. The zero-order valence-corrected chi connectivity index (χ0v) is 19.6. The van der Waals surface area contributed by atoms with Crippen LogP contribution in [0.1, 0.15) is 18.1 Å². The highest BCUT2D eigenvalue weighted by Crippen LogP contribution is 2.30. The number of anilines is 1. The third kappa shape index (κ3) is 6.61. The molecule has 0 atom stereocenters. The van der Waals surface area contributed by atoms with Crippen molar-refractivity contribution in [1.29, 1.82) is 5.26 Å². The first-order chi connectivity index (χ1) is 15.5. The average Bonchev–Trinajstić information content (AvgIpc) is 2.78. The van der Waals surface area contributed by atoms with E-state index in [4.69, 9.17) is 21.1 Å². The lowest BCUT2D eigenvalue weighted by Gasteiger charge is -2.13. The third-order valence-corrected chi connectivity index (χ3v) is 5.09. The summed E-state index contributed by atoms with van der Waals surface area (Å²) >= 11 is 9.37. The standard InChI is InChI=1S/C25H20BrClN2O3/c1-2-31-24-14-17(6-11-23(24)32-16-18-4-3-5-21(27)13-18)12-19(15-28)25(30)29-22-9-7-20(26)8-10-22/h3-14H,2,16H2,1H3,(H,29,30)/b19-12+. The predicted octanol–water partition coefficient (Wildman–Crippen LogP) is 6.63. The molecule has 0 fully saturated rings. The molecule has 0 aliphatic carbocycles. The van der Waals surface area contributed by atoms with E-state index in [0.717, 1.165) is 10.0 Å². The van der Waals surface area contributed by atoms with Gasteiger partial charge in [0, 0.05) is 15.2 Å². The molecule has 1 amide bonds. The number of amides is 1. The summed E-state index contributed by atoms with van der Waals surface area (Å²) in [6, 6.07) is 21.7. The number of benzene rings is 3. The van der Waals surface area contributed by atoms with E-state index in [0.29, 0.717) is 41.0 Å². The van der Waals surface area contributed by atoms with Gasteiger partial charge in [-0.25, -0.2) is 0 Å². The first-order valence-electron chi connectivity index (χ1n) is 9.81. The van der Waals surface area contributed by atoms with Crippen molar-refractivity contribution < 1.29 is 14.3 Å². The van der Waals surface area contributed by atoms with Crippen LogP contribution in [0, 0.1) is 11.3 Å². The molecule has 0 radical (unpaired) electrons. The van der Waals surface area contributed by atoms with Crippen LogP contribution in [0.15, 0.2) is 76.8 Å². The van der Waals surface area contributed by atoms with Crippen molar-refractivity contribution in [3.63, 3.8) is 0 Å². The summed E-state index contributed by atoms with van der Waals surface area (Å²) < 4.78 is 12.5. The fraction of sp³-hybridized carbons (Fsp3) is 0.120. The number of hydrogen-bond acceptors (Lipinski definition) is 4. The molecule has 7 heteroatoms. The Bertz CT molecular complexity index is 1170. The van der Waals surface area contributed by atoms with Crippen molar-refractivity contribution in [3.8, 4) is 17.6 Å². The molecule has 0 aliphatic heterocycles. The van der Waals surface area contributed by atoms with Crippen molar-refractivity contribution in [1.82, 2.24) is 0 Å². The van der Waals surface area contributed by atoms with Crippen LogP contribution in [0.5, 0.6) is 11.5 Å². The molecule has 0 saturated heterocycles. The Balaban J connectivity index is 1.77. The molecule has 3 aromatic carbocycles. The van der Waals surface area contributed by atoms with Crippen LogP contribution in [0.2, 0.25) is 5.02 Å². The number of ether oxygens (including phenoxy) is 2. The number of carbonyl (C=O) groups excluding carboxylic acids is 1. The highest BCUT2D eigenvalue weighted by molar-refractivity contribution is 9.10. The first-order valence-corrected chi connectivity index (χ1v) is 11.0. The zero-order valence-electron chi connectivity index (χ0n) is 17.3. The topological polar surface area (TPSA) is 71.3 Å². The number of nitrogens with zero attached hydrogens (tertiary/aromatic N) is 1. The van der Waals surface area contributed by atoms with Crippen molar-refractivity contribution in [2.75, 3.05) is 11.9 Å². The second-order valence-corrected chi connectivity index (χ2v) is 8.04. The minimum absolute atomic E-state index is 0.0250. The highest BCUT2D eigenvalue weighted by Gasteiger charge is 2.12. The maximum atomic E-state index is 12.5. The monoisotopic (exact) mass is 510 g/mol. The van der Waals surface area contributed by atoms with Crippen molar-refractivity contribution in [3.05, 3.63) is 92.9 Å². The number of halogens is 2. The molecular formula is C25H20BrClN2O3. The van der Waals surface area contributed by atoms with Gasteiger partial charge < -0.3 is 14.8 Å². The van der Waals surface area contributed by atoms with Gasteiger partial charge in [0.05, 0.1) is 6.61 Å². The van der Waals surface area contributed by atoms with Crippen LogP contribution >= 0.6 is 27.5 Å². The Hall–Kier alpha value is -3.27.